The Bertz CT molecular complexity index is 488. The van der Waals surface area contributed by atoms with Crippen molar-refractivity contribution in [2.45, 2.75) is 13.0 Å². The second-order valence-electron chi connectivity index (χ2n) is 4.50. The SMILES string of the molecule is CC(C#N)N1CCN(C(=O)c2ccc(Cl)nc2)CC1. The van der Waals surface area contributed by atoms with E-state index < -0.39 is 0 Å². The van der Waals surface area contributed by atoms with Gasteiger partial charge in [-0.05, 0) is 19.1 Å². The fraction of sp³-hybridized carbons (Fsp3) is 0.462. The maximum atomic E-state index is 12.2. The molecule has 0 bridgehead atoms. The first-order chi connectivity index (χ1) is 9.11. The smallest absolute Gasteiger partial charge is 0.255 e. The lowest BCUT2D eigenvalue weighted by molar-refractivity contribution is 0.0615. The minimum absolute atomic E-state index is 0.0339. The first-order valence-electron chi connectivity index (χ1n) is 6.16. The maximum Gasteiger partial charge on any atom is 0.255 e. The Labute approximate surface area is 117 Å². The molecule has 0 spiro atoms. The molecule has 1 fully saturated rings. The quantitative estimate of drug-likeness (QED) is 0.768. The first kappa shape index (κ1) is 13.8. The number of hydrogen-bond donors (Lipinski definition) is 0. The van der Waals surface area contributed by atoms with Gasteiger partial charge in [0.25, 0.3) is 5.91 Å². The van der Waals surface area contributed by atoms with Crippen LogP contribution in [-0.2, 0) is 0 Å². The van der Waals surface area contributed by atoms with Crippen LogP contribution in [0, 0.1) is 11.3 Å². The molecule has 2 rings (SSSR count). The number of nitrogens with zero attached hydrogens (tertiary/aromatic N) is 4. The van der Waals surface area contributed by atoms with Gasteiger partial charge in [-0.2, -0.15) is 5.26 Å². The zero-order valence-electron chi connectivity index (χ0n) is 10.7. The topological polar surface area (TPSA) is 60.2 Å². The monoisotopic (exact) mass is 278 g/mol. The third-order valence-corrected chi connectivity index (χ3v) is 3.53. The van der Waals surface area contributed by atoms with Gasteiger partial charge in [0.05, 0.1) is 17.7 Å². The van der Waals surface area contributed by atoms with E-state index in [1.54, 1.807) is 17.0 Å². The molecule has 1 unspecified atom stereocenters. The molecule has 6 heteroatoms. The molecule has 0 aliphatic carbocycles. The van der Waals surface area contributed by atoms with Gasteiger partial charge in [-0.25, -0.2) is 4.98 Å². The van der Waals surface area contributed by atoms with Crippen molar-refractivity contribution in [3.05, 3.63) is 29.0 Å². The summed E-state index contributed by atoms with van der Waals surface area (Å²) < 4.78 is 0. The van der Waals surface area contributed by atoms with Crippen LogP contribution in [0.5, 0.6) is 0 Å². The van der Waals surface area contributed by atoms with Gasteiger partial charge in [0, 0.05) is 32.4 Å². The highest BCUT2D eigenvalue weighted by molar-refractivity contribution is 6.29. The molecule has 1 saturated heterocycles. The van der Waals surface area contributed by atoms with Crippen molar-refractivity contribution < 1.29 is 4.79 Å². The van der Waals surface area contributed by atoms with Crippen molar-refractivity contribution >= 4 is 17.5 Å². The number of amides is 1. The van der Waals surface area contributed by atoms with E-state index in [9.17, 15) is 4.79 Å². The Hall–Kier alpha value is -1.64. The van der Waals surface area contributed by atoms with Crippen molar-refractivity contribution in [2.75, 3.05) is 26.2 Å². The lowest BCUT2D eigenvalue weighted by Crippen LogP contribution is -2.51. The third kappa shape index (κ3) is 3.22. The maximum absolute atomic E-state index is 12.2. The molecular formula is C13H15ClN4O. The lowest BCUT2D eigenvalue weighted by Gasteiger charge is -2.35. The number of nitriles is 1. The molecule has 19 heavy (non-hydrogen) atoms. The Kier molecular flexibility index (Phi) is 4.35. The number of piperazine rings is 1. The lowest BCUT2D eigenvalue weighted by atomic mass is 10.2. The minimum atomic E-state index is -0.102. The molecule has 1 atom stereocenters. The number of halogens is 1. The summed E-state index contributed by atoms with van der Waals surface area (Å²) >= 11 is 5.70. The summed E-state index contributed by atoms with van der Waals surface area (Å²) in [5.74, 6) is -0.0339. The zero-order chi connectivity index (χ0) is 13.8. The van der Waals surface area contributed by atoms with Crippen molar-refractivity contribution in [1.29, 1.82) is 5.26 Å². The van der Waals surface area contributed by atoms with E-state index >= 15 is 0 Å². The number of aromatic nitrogens is 1. The molecule has 0 radical (unpaired) electrons. The summed E-state index contributed by atoms with van der Waals surface area (Å²) in [6, 6.07) is 5.41. The van der Waals surface area contributed by atoms with Crippen LogP contribution >= 0.6 is 11.6 Å². The second kappa shape index (κ2) is 6.00. The van der Waals surface area contributed by atoms with Gasteiger partial charge >= 0.3 is 0 Å². The average molecular weight is 279 g/mol. The van der Waals surface area contributed by atoms with Gasteiger partial charge in [0.15, 0.2) is 0 Å². The Morgan fingerprint density at radius 1 is 1.42 bits per heavy atom. The summed E-state index contributed by atoms with van der Waals surface area (Å²) in [6.45, 7) is 4.59. The predicted molar refractivity (Wildman–Crippen MR) is 71.8 cm³/mol. The van der Waals surface area contributed by atoms with Crippen molar-refractivity contribution in [1.82, 2.24) is 14.8 Å². The average Bonchev–Trinajstić information content (AvgIpc) is 2.46. The van der Waals surface area contributed by atoms with Crippen molar-refractivity contribution in [3.8, 4) is 6.07 Å². The molecule has 1 amide bonds. The van der Waals surface area contributed by atoms with Gasteiger partial charge in [-0.15, -0.1) is 0 Å². The van der Waals surface area contributed by atoms with Crippen LogP contribution < -0.4 is 0 Å². The number of carbonyl (C=O) groups is 1. The number of pyridine rings is 1. The molecule has 100 valence electrons. The van der Waals surface area contributed by atoms with E-state index in [0.717, 1.165) is 13.1 Å². The van der Waals surface area contributed by atoms with Gasteiger partial charge in [0.2, 0.25) is 0 Å². The molecule has 0 N–H and O–H groups in total. The number of carbonyl (C=O) groups excluding carboxylic acids is 1. The van der Waals surface area contributed by atoms with E-state index in [1.165, 1.54) is 6.20 Å². The van der Waals surface area contributed by atoms with E-state index in [-0.39, 0.29) is 11.9 Å². The van der Waals surface area contributed by atoms with E-state index in [4.69, 9.17) is 16.9 Å². The van der Waals surface area contributed by atoms with E-state index in [1.807, 2.05) is 6.92 Å². The second-order valence-corrected chi connectivity index (χ2v) is 4.89. The molecule has 0 saturated carbocycles. The van der Waals surface area contributed by atoms with Crippen LogP contribution in [0.1, 0.15) is 17.3 Å². The Morgan fingerprint density at radius 2 is 2.11 bits per heavy atom. The first-order valence-corrected chi connectivity index (χ1v) is 6.54. The fourth-order valence-electron chi connectivity index (χ4n) is 2.08. The minimum Gasteiger partial charge on any atom is -0.336 e. The largest absolute Gasteiger partial charge is 0.336 e. The zero-order valence-corrected chi connectivity index (χ0v) is 11.5. The van der Waals surface area contributed by atoms with Crippen LogP contribution in [0.2, 0.25) is 5.15 Å². The fourth-order valence-corrected chi connectivity index (χ4v) is 2.19. The molecule has 5 nitrogen and oxygen atoms in total. The number of hydrogen-bond acceptors (Lipinski definition) is 4. The predicted octanol–water partition coefficient (Wildman–Crippen LogP) is 1.40. The molecule has 2 heterocycles. The van der Waals surface area contributed by atoms with Crippen molar-refractivity contribution in [3.63, 3.8) is 0 Å². The van der Waals surface area contributed by atoms with Crippen LogP contribution in [0.25, 0.3) is 0 Å². The van der Waals surface area contributed by atoms with Gasteiger partial charge in [0.1, 0.15) is 5.15 Å². The molecule has 0 aromatic carbocycles. The molecule has 1 aromatic heterocycles. The van der Waals surface area contributed by atoms with E-state index in [0.29, 0.717) is 23.8 Å². The third-order valence-electron chi connectivity index (χ3n) is 3.31. The van der Waals surface area contributed by atoms with Crippen LogP contribution in [0.3, 0.4) is 0 Å². The highest BCUT2D eigenvalue weighted by Crippen LogP contribution is 2.11. The van der Waals surface area contributed by atoms with Gasteiger partial charge < -0.3 is 4.90 Å². The Balaban J connectivity index is 1.96. The van der Waals surface area contributed by atoms with Crippen LogP contribution in [-0.4, -0.2) is 52.9 Å². The summed E-state index contributed by atoms with van der Waals surface area (Å²) in [6.07, 6.45) is 1.49. The highest BCUT2D eigenvalue weighted by Gasteiger charge is 2.24. The Morgan fingerprint density at radius 3 is 2.63 bits per heavy atom. The molecule has 1 aromatic rings. The van der Waals surface area contributed by atoms with Gasteiger partial charge in [-0.1, -0.05) is 11.6 Å². The van der Waals surface area contributed by atoms with Gasteiger partial charge in [-0.3, -0.25) is 9.69 Å². The summed E-state index contributed by atoms with van der Waals surface area (Å²) in [4.78, 5) is 20.0. The highest BCUT2D eigenvalue weighted by atomic mass is 35.5. The molecular weight excluding hydrogens is 264 g/mol. The number of rotatable bonds is 2. The van der Waals surface area contributed by atoms with Crippen LogP contribution in [0.4, 0.5) is 0 Å². The van der Waals surface area contributed by atoms with Crippen molar-refractivity contribution in [2.24, 2.45) is 0 Å². The molecule has 1 aliphatic rings. The van der Waals surface area contributed by atoms with Crippen LogP contribution in [0.15, 0.2) is 18.3 Å². The summed E-state index contributed by atoms with van der Waals surface area (Å²) in [5.41, 5.74) is 0.547. The standard InChI is InChI=1S/C13H15ClN4O/c1-10(8-15)17-4-6-18(7-5-17)13(19)11-2-3-12(14)16-9-11/h2-3,9-10H,4-7H2,1H3. The summed E-state index contributed by atoms with van der Waals surface area (Å²) in [5, 5.41) is 9.25. The normalized spacial score (nSPS) is 17.8. The van der Waals surface area contributed by atoms with E-state index in [2.05, 4.69) is 16.0 Å². The summed E-state index contributed by atoms with van der Waals surface area (Å²) in [7, 11) is 0. The molecule has 1 aliphatic heterocycles.